The Labute approximate surface area is 243 Å². The van der Waals surface area contributed by atoms with Crippen LogP contribution in [0.3, 0.4) is 0 Å². The monoisotopic (exact) mass is 807 g/mol. The van der Waals surface area contributed by atoms with E-state index in [2.05, 4.69) is 27.7 Å². The van der Waals surface area contributed by atoms with Crippen LogP contribution in [-0.4, -0.2) is 89.9 Å². The van der Waals surface area contributed by atoms with E-state index >= 15 is 0 Å². The van der Waals surface area contributed by atoms with Crippen LogP contribution >= 0.6 is 0 Å². The van der Waals surface area contributed by atoms with Gasteiger partial charge in [0.2, 0.25) is 0 Å². The van der Waals surface area contributed by atoms with Gasteiger partial charge in [-0.05, 0) is 11.8 Å². The second kappa shape index (κ2) is 24.9. The van der Waals surface area contributed by atoms with E-state index in [4.69, 9.17) is 89.3 Å². The van der Waals surface area contributed by atoms with Crippen LogP contribution in [0.5, 0.6) is 0 Å². The minimum Gasteiger partial charge on any atom is -0.329 e. The summed E-state index contributed by atoms with van der Waals surface area (Å²) in [4.78, 5) is 0. The van der Waals surface area contributed by atoms with E-state index in [1.165, 1.54) is 0 Å². The standard InChI is InChI=1S/C8H20N2.Cu.6FHO3S/c1-6(2)8(10,5-9)7(3)4;;6*1-5(2,3)4/h6-7H,5,9-10H2,1-4H3;;6*(H,2,3,4). The van der Waals surface area contributed by atoms with Crippen LogP contribution in [0.2, 0.25) is 0 Å². The number of rotatable bonds is 3. The van der Waals surface area contributed by atoms with Crippen LogP contribution in [-0.2, 0) is 80.1 Å². The Morgan fingerprint density at radius 2 is 0.561 bits per heavy atom. The zero-order valence-electron chi connectivity index (χ0n) is 20.1. The maximum atomic E-state index is 10.2. The fourth-order valence-corrected chi connectivity index (χ4v) is 1.14. The third kappa shape index (κ3) is 265. The molecule has 33 heteroatoms. The average Bonchev–Trinajstić information content (AvgIpc) is 2.43. The molecule has 0 saturated carbocycles. The van der Waals surface area contributed by atoms with E-state index in [-0.39, 0.29) is 22.6 Å². The fraction of sp³-hybridized carbons (Fsp3) is 1.00. The van der Waals surface area contributed by atoms with Crippen molar-refractivity contribution in [2.45, 2.75) is 33.2 Å². The first-order chi connectivity index (χ1) is 16.4. The summed E-state index contributed by atoms with van der Waals surface area (Å²) < 4.78 is 204. The molecule has 20 nitrogen and oxygen atoms in total. The van der Waals surface area contributed by atoms with Crippen molar-refractivity contribution in [2.75, 3.05) is 6.54 Å². The molecule has 0 aromatic heterocycles. The zero-order chi connectivity index (χ0) is 35.4. The van der Waals surface area contributed by atoms with Crippen LogP contribution in [0.15, 0.2) is 0 Å². The second-order valence-corrected chi connectivity index (χ2v) is 11.0. The number of hydrogen-bond acceptors (Lipinski definition) is 14. The molecule has 0 aliphatic heterocycles. The van der Waals surface area contributed by atoms with Gasteiger partial charge >= 0.3 is 63.0 Å². The molecule has 1 radical (unpaired) electrons. The second-order valence-electron chi connectivity index (χ2n) is 6.10. The minimum absolute atomic E-state index is 0. The van der Waals surface area contributed by atoms with E-state index < -0.39 is 63.0 Å². The fourth-order valence-electron chi connectivity index (χ4n) is 1.14. The molecule has 0 aromatic carbocycles. The Hall–Kier alpha value is -0.521. The molecule has 0 saturated heterocycles. The molecule has 0 heterocycles. The third-order valence-electron chi connectivity index (χ3n) is 2.50. The molecule has 0 rings (SSSR count). The number of nitrogens with two attached hydrogens (primary N) is 2. The van der Waals surface area contributed by atoms with Gasteiger partial charge < -0.3 is 11.5 Å². The average molecular weight is 808 g/mol. The molecule has 265 valence electrons. The minimum atomic E-state index is -5.17. The van der Waals surface area contributed by atoms with Gasteiger partial charge in [-0.1, -0.05) is 51.0 Å². The first kappa shape index (κ1) is 59.8. The summed E-state index contributed by atoms with van der Waals surface area (Å²) in [7, 11) is -31.0. The summed E-state index contributed by atoms with van der Waals surface area (Å²) in [6.07, 6.45) is 0. The number of hydrogen-bond donors (Lipinski definition) is 8. The Bertz CT molecular complexity index is 1010. The van der Waals surface area contributed by atoms with Crippen molar-refractivity contribution >= 4 is 63.0 Å². The van der Waals surface area contributed by atoms with E-state index in [1.807, 2.05) is 0 Å². The number of halogens is 6. The topological polar surface area (TPSA) is 378 Å². The van der Waals surface area contributed by atoms with Gasteiger partial charge in [0.1, 0.15) is 0 Å². The summed E-state index contributed by atoms with van der Waals surface area (Å²) in [6, 6.07) is 0. The largest absolute Gasteiger partial charge is 0.435 e. The van der Waals surface area contributed by atoms with Crippen molar-refractivity contribution in [3.05, 3.63) is 0 Å². The molecule has 0 aliphatic rings. The van der Waals surface area contributed by atoms with Gasteiger partial charge in [0.15, 0.2) is 0 Å². The Morgan fingerprint density at radius 3 is 0.561 bits per heavy atom. The molecule has 0 spiro atoms. The smallest absolute Gasteiger partial charge is 0.329 e. The van der Waals surface area contributed by atoms with Gasteiger partial charge in [-0.25, -0.2) is 0 Å². The van der Waals surface area contributed by atoms with Gasteiger partial charge in [-0.3, -0.25) is 27.3 Å². The van der Waals surface area contributed by atoms with Gasteiger partial charge in [-0.2, -0.15) is 50.5 Å². The molecule has 0 amide bonds. The van der Waals surface area contributed by atoms with Crippen molar-refractivity contribution in [3.8, 4) is 0 Å². The molecule has 0 atom stereocenters. The molecule has 0 aromatic rings. The van der Waals surface area contributed by atoms with Gasteiger partial charge in [-0.15, -0.1) is 0 Å². The molecule has 0 aliphatic carbocycles. The van der Waals surface area contributed by atoms with Gasteiger partial charge in [0.05, 0.1) is 0 Å². The van der Waals surface area contributed by atoms with Gasteiger partial charge in [0.25, 0.3) is 0 Å². The molecular formula is C8H26CuF6N2O18S6. The Kier molecular flexibility index (Phi) is 36.3. The van der Waals surface area contributed by atoms with E-state index in [0.29, 0.717) is 18.4 Å². The third-order valence-corrected chi connectivity index (χ3v) is 2.50. The zero-order valence-corrected chi connectivity index (χ0v) is 26.0. The van der Waals surface area contributed by atoms with Crippen LogP contribution in [0.4, 0.5) is 23.3 Å². The van der Waals surface area contributed by atoms with Crippen LogP contribution in [0, 0.1) is 11.8 Å². The Morgan fingerprint density at radius 1 is 0.488 bits per heavy atom. The van der Waals surface area contributed by atoms with Crippen molar-refractivity contribution in [3.63, 3.8) is 0 Å². The summed E-state index contributed by atoms with van der Waals surface area (Å²) in [5.41, 5.74) is 11.5. The molecule has 10 N–H and O–H groups in total. The van der Waals surface area contributed by atoms with E-state index in [1.54, 1.807) is 0 Å². The van der Waals surface area contributed by atoms with Crippen LogP contribution in [0.1, 0.15) is 27.7 Å². The van der Waals surface area contributed by atoms with Crippen LogP contribution in [0.25, 0.3) is 0 Å². The van der Waals surface area contributed by atoms with Crippen LogP contribution < -0.4 is 11.5 Å². The normalized spacial score (nSPS) is 11.7. The molecule has 41 heavy (non-hydrogen) atoms. The molecule has 0 bridgehead atoms. The quantitative estimate of drug-likeness (QED) is 0.0771. The SMILES string of the molecule is CC(C)C(N)(CN)C(C)C.O=S(=O)(O)F.O=S(=O)(O)F.O=S(=O)(O)F.O=S(=O)(O)F.O=S(=O)(O)F.O=S(=O)(O)F.[Cu]. The maximum Gasteiger partial charge on any atom is 0.435 e. The van der Waals surface area contributed by atoms with E-state index in [9.17, 15) is 23.3 Å². The predicted octanol–water partition coefficient (Wildman–Crippen LogP) is -0.496. The molecule has 0 fully saturated rings. The van der Waals surface area contributed by atoms with Gasteiger partial charge in [0, 0.05) is 29.2 Å². The predicted molar refractivity (Wildman–Crippen MR) is 122 cm³/mol. The molecular weight excluding hydrogens is 782 g/mol. The van der Waals surface area contributed by atoms with Crippen molar-refractivity contribution < 1.29 is 118 Å². The van der Waals surface area contributed by atoms with Crippen molar-refractivity contribution in [1.82, 2.24) is 0 Å². The summed E-state index contributed by atoms with van der Waals surface area (Å²) in [5, 5.41) is 0. The maximum absolute atomic E-state index is 10.2. The summed E-state index contributed by atoms with van der Waals surface area (Å²) in [6.45, 7) is 9.04. The first-order valence-electron chi connectivity index (χ1n) is 7.96. The molecule has 0 unspecified atom stereocenters. The Balaban J connectivity index is -0.0000000526. The van der Waals surface area contributed by atoms with Crippen molar-refractivity contribution in [1.29, 1.82) is 0 Å². The summed E-state index contributed by atoms with van der Waals surface area (Å²) in [5.74, 6) is 0.912. The van der Waals surface area contributed by atoms with E-state index in [0.717, 1.165) is 0 Å². The summed E-state index contributed by atoms with van der Waals surface area (Å²) >= 11 is 0. The first-order valence-corrected chi connectivity index (χ1v) is 16.0. The van der Waals surface area contributed by atoms with Crippen molar-refractivity contribution in [2.24, 2.45) is 23.3 Å².